The Bertz CT molecular complexity index is 1390. The number of benzene rings is 2. The standard InChI is InChI=1S/C26H23F4N3O4/c1-24(6-7-24)14-33-13-15(12-31-33)18-4-2-16(10-19(18)22(34)35)32-23(36)25(8-9-25)20-5-3-17(11-21(20)27)37-26(28,29)30/h2-5,10-13H,6-9,14H2,1H3,(H,32,36)(H,34,35). The lowest BCUT2D eigenvalue weighted by Crippen LogP contribution is -2.29. The van der Waals surface area contributed by atoms with Crippen LogP contribution < -0.4 is 10.1 Å². The van der Waals surface area contributed by atoms with Gasteiger partial charge < -0.3 is 15.2 Å². The van der Waals surface area contributed by atoms with Crippen LogP contribution in [0.5, 0.6) is 5.75 Å². The highest BCUT2D eigenvalue weighted by Crippen LogP contribution is 2.50. The van der Waals surface area contributed by atoms with Gasteiger partial charge in [0.15, 0.2) is 0 Å². The van der Waals surface area contributed by atoms with Crippen LogP contribution >= 0.6 is 0 Å². The minimum Gasteiger partial charge on any atom is -0.478 e. The van der Waals surface area contributed by atoms with E-state index in [4.69, 9.17) is 0 Å². The summed E-state index contributed by atoms with van der Waals surface area (Å²) < 4.78 is 57.5. The molecule has 2 aliphatic carbocycles. The first-order chi connectivity index (χ1) is 17.4. The summed E-state index contributed by atoms with van der Waals surface area (Å²) in [6, 6.07) is 7.10. The molecule has 1 amide bonds. The Kier molecular flexibility index (Phi) is 5.76. The number of carboxylic acid groups (broad SMARTS) is 1. The van der Waals surface area contributed by atoms with Gasteiger partial charge in [0, 0.05) is 35.6 Å². The SMILES string of the molecule is CC1(Cn2cc(-c3ccc(NC(=O)C4(c5ccc(OC(F)(F)F)cc5F)CC4)cc3C(=O)O)cn2)CC1. The Morgan fingerprint density at radius 3 is 2.46 bits per heavy atom. The Hall–Kier alpha value is -3.89. The highest BCUT2D eigenvalue weighted by Gasteiger charge is 2.53. The summed E-state index contributed by atoms with van der Waals surface area (Å²) in [4.78, 5) is 25.1. The van der Waals surface area contributed by atoms with Crippen molar-refractivity contribution in [3.05, 3.63) is 65.7 Å². The molecule has 0 aliphatic heterocycles. The van der Waals surface area contributed by atoms with Crippen LogP contribution in [0.3, 0.4) is 0 Å². The molecule has 2 aromatic carbocycles. The van der Waals surface area contributed by atoms with Gasteiger partial charge in [-0.15, -0.1) is 13.2 Å². The third-order valence-corrected chi connectivity index (χ3v) is 6.97. The van der Waals surface area contributed by atoms with E-state index in [1.54, 1.807) is 29.2 Å². The molecule has 0 atom stereocenters. The topological polar surface area (TPSA) is 93.5 Å². The number of hydrogen-bond acceptors (Lipinski definition) is 4. The predicted octanol–water partition coefficient (Wildman–Crippen LogP) is 5.76. The van der Waals surface area contributed by atoms with E-state index < -0.39 is 35.2 Å². The molecule has 3 aromatic rings. The number of alkyl halides is 3. The molecule has 7 nitrogen and oxygen atoms in total. The van der Waals surface area contributed by atoms with Crippen molar-refractivity contribution in [1.82, 2.24) is 9.78 Å². The number of halogens is 4. The van der Waals surface area contributed by atoms with E-state index in [1.165, 1.54) is 6.07 Å². The van der Waals surface area contributed by atoms with Gasteiger partial charge in [-0.05, 0) is 54.9 Å². The molecule has 194 valence electrons. The van der Waals surface area contributed by atoms with Crippen molar-refractivity contribution in [3.63, 3.8) is 0 Å². The third kappa shape index (κ3) is 5.16. The fourth-order valence-electron chi connectivity index (χ4n) is 4.48. The number of ether oxygens (including phenoxy) is 1. The van der Waals surface area contributed by atoms with Crippen molar-refractivity contribution in [1.29, 1.82) is 0 Å². The van der Waals surface area contributed by atoms with Crippen LogP contribution in [0.2, 0.25) is 0 Å². The summed E-state index contributed by atoms with van der Waals surface area (Å²) in [5.74, 6) is -3.49. The number of carboxylic acids is 1. The second-order valence-corrected chi connectivity index (χ2v) is 10.0. The number of aromatic nitrogens is 2. The molecule has 0 radical (unpaired) electrons. The molecule has 0 spiro atoms. The highest BCUT2D eigenvalue weighted by atomic mass is 19.4. The van der Waals surface area contributed by atoms with Crippen LogP contribution in [-0.4, -0.2) is 33.1 Å². The molecule has 5 rings (SSSR count). The lowest BCUT2D eigenvalue weighted by Gasteiger charge is -2.18. The number of rotatable bonds is 8. The Morgan fingerprint density at radius 1 is 1.14 bits per heavy atom. The smallest absolute Gasteiger partial charge is 0.478 e. The molecule has 37 heavy (non-hydrogen) atoms. The Balaban J connectivity index is 1.35. The van der Waals surface area contributed by atoms with E-state index in [-0.39, 0.29) is 35.1 Å². The zero-order valence-electron chi connectivity index (χ0n) is 19.7. The highest BCUT2D eigenvalue weighted by molar-refractivity contribution is 6.03. The fourth-order valence-corrected chi connectivity index (χ4v) is 4.48. The molecule has 2 aliphatic rings. The summed E-state index contributed by atoms with van der Waals surface area (Å²) in [7, 11) is 0. The minimum atomic E-state index is -4.97. The fraction of sp³-hybridized carbons (Fsp3) is 0.346. The number of carbonyl (C=O) groups excluding carboxylic acids is 1. The molecule has 2 saturated carbocycles. The van der Waals surface area contributed by atoms with Crippen molar-refractivity contribution in [2.45, 2.75) is 50.9 Å². The van der Waals surface area contributed by atoms with Gasteiger partial charge in [0.2, 0.25) is 5.91 Å². The maximum absolute atomic E-state index is 14.7. The largest absolute Gasteiger partial charge is 0.573 e. The molecular formula is C26H23F4N3O4. The van der Waals surface area contributed by atoms with Gasteiger partial charge >= 0.3 is 12.3 Å². The third-order valence-electron chi connectivity index (χ3n) is 6.97. The predicted molar refractivity (Wildman–Crippen MR) is 125 cm³/mol. The molecule has 2 fully saturated rings. The number of hydrogen-bond donors (Lipinski definition) is 2. The molecule has 0 unspecified atom stereocenters. The first-order valence-corrected chi connectivity index (χ1v) is 11.6. The number of carbonyl (C=O) groups is 2. The number of amides is 1. The molecule has 1 heterocycles. The molecule has 11 heteroatoms. The van der Waals surface area contributed by atoms with Gasteiger partial charge in [-0.3, -0.25) is 9.48 Å². The van der Waals surface area contributed by atoms with Crippen LogP contribution in [0.1, 0.15) is 48.5 Å². The minimum absolute atomic E-state index is 0.0420. The second kappa shape index (κ2) is 8.60. The zero-order chi connectivity index (χ0) is 26.6. The van der Waals surface area contributed by atoms with Crippen molar-refractivity contribution in [2.75, 3.05) is 5.32 Å². The van der Waals surface area contributed by atoms with Crippen molar-refractivity contribution in [3.8, 4) is 16.9 Å². The summed E-state index contributed by atoms with van der Waals surface area (Å²) in [5.41, 5.74) is 0.130. The molecule has 0 bridgehead atoms. The average Bonchev–Trinajstić information content (AvgIpc) is 3.71. The Labute approximate surface area is 209 Å². The quantitative estimate of drug-likeness (QED) is 0.371. The maximum atomic E-state index is 14.7. The number of nitrogens with zero attached hydrogens (tertiary/aromatic N) is 2. The van der Waals surface area contributed by atoms with Crippen LogP contribution in [0.4, 0.5) is 23.2 Å². The zero-order valence-corrected chi connectivity index (χ0v) is 19.7. The summed E-state index contributed by atoms with van der Waals surface area (Å²) >= 11 is 0. The number of anilines is 1. The molecule has 0 saturated heterocycles. The number of nitrogens with one attached hydrogen (secondary N) is 1. The normalized spacial score (nSPS) is 17.2. The van der Waals surface area contributed by atoms with E-state index in [0.717, 1.165) is 31.5 Å². The van der Waals surface area contributed by atoms with Crippen LogP contribution in [-0.2, 0) is 16.8 Å². The molecule has 1 aromatic heterocycles. The first-order valence-electron chi connectivity index (χ1n) is 11.6. The summed E-state index contributed by atoms with van der Waals surface area (Å²) in [6.45, 7) is 2.91. The van der Waals surface area contributed by atoms with Gasteiger partial charge in [-0.25, -0.2) is 9.18 Å². The lowest BCUT2D eigenvalue weighted by atomic mass is 9.94. The van der Waals surface area contributed by atoms with Gasteiger partial charge in [0.1, 0.15) is 11.6 Å². The van der Waals surface area contributed by atoms with Crippen molar-refractivity contribution >= 4 is 17.6 Å². The molecular weight excluding hydrogens is 494 g/mol. The van der Waals surface area contributed by atoms with E-state index in [1.807, 2.05) is 0 Å². The maximum Gasteiger partial charge on any atom is 0.573 e. The second-order valence-electron chi connectivity index (χ2n) is 10.0. The van der Waals surface area contributed by atoms with Crippen LogP contribution in [0, 0.1) is 11.2 Å². The van der Waals surface area contributed by atoms with Gasteiger partial charge in [-0.2, -0.15) is 5.10 Å². The van der Waals surface area contributed by atoms with Gasteiger partial charge in [0.25, 0.3) is 0 Å². The lowest BCUT2D eigenvalue weighted by molar-refractivity contribution is -0.274. The average molecular weight is 517 g/mol. The van der Waals surface area contributed by atoms with Crippen LogP contribution in [0.15, 0.2) is 48.8 Å². The van der Waals surface area contributed by atoms with Crippen molar-refractivity contribution in [2.24, 2.45) is 5.41 Å². The summed E-state index contributed by atoms with van der Waals surface area (Å²) in [5, 5.41) is 16.8. The van der Waals surface area contributed by atoms with Gasteiger partial charge in [0.05, 0.1) is 17.2 Å². The first kappa shape index (κ1) is 24.8. The monoisotopic (exact) mass is 517 g/mol. The molecule has 2 N–H and O–H groups in total. The van der Waals surface area contributed by atoms with Crippen molar-refractivity contribution < 1.29 is 37.0 Å². The van der Waals surface area contributed by atoms with E-state index >= 15 is 0 Å². The van der Waals surface area contributed by atoms with E-state index in [0.29, 0.717) is 17.2 Å². The van der Waals surface area contributed by atoms with Crippen LogP contribution in [0.25, 0.3) is 11.1 Å². The van der Waals surface area contributed by atoms with E-state index in [2.05, 4.69) is 22.1 Å². The Morgan fingerprint density at radius 2 is 1.86 bits per heavy atom. The number of aromatic carboxylic acids is 1. The van der Waals surface area contributed by atoms with E-state index in [9.17, 15) is 32.3 Å². The van der Waals surface area contributed by atoms with Gasteiger partial charge in [-0.1, -0.05) is 19.1 Å². The summed E-state index contributed by atoms with van der Waals surface area (Å²) in [6.07, 6.45) is 1.23.